The molecule has 1 atom stereocenters. The molecule has 1 saturated heterocycles. The number of ether oxygens (including phenoxy) is 2. The number of likely N-dealkylation sites (tertiary alicyclic amines) is 1. The fourth-order valence-corrected chi connectivity index (χ4v) is 3.23. The number of benzene rings is 1. The second kappa shape index (κ2) is 11.0. The first kappa shape index (κ1) is 23.7. The largest absolute Gasteiger partial charge is 0.444 e. The summed E-state index contributed by atoms with van der Waals surface area (Å²) >= 11 is 0. The Morgan fingerprint density at radius 3 is 2.70 bits per heavy atom. The van der Waals surface area contributed by atoms with Crippen LogP contribution in [0.15, 0.2) is 29.3 Å². The highest BCUT2D eigenvalue weighted by Gasteiger charge is 2.27. The lowest BCUT2D eigenvalue weighted by atomic mass is 9.98. The summed E-state index contributed by atoms with van der Waals surface area (Å²) < 4.78 is 35.1. The highest BCUT2D eigenvalue weighted by atomic mass is 19.3. The molecule has 1 heterocycles. The lowest BCUT2D eigenvalue weighted by Gasteiger charge is -2.34. The van der Waals surface area contributed by atoms with Crippen LogP contribution in [0.1, 0.15) is 39.2 Å². The molecule has 2 rings (SSSR count). The zero-order valence-corrected chi connectivity index (χ0v) is 18.1. The highest BCUT2D eigenvalue weighted by molar-refractivity contribution is 5.79. The number of rotatable bonds is 6. The van der Waals surface area contributed by atoms with Crippen molar-refractivity contribution in [1.82, 2.24) is 15.5 Å². The van der Waals surface area contributed by atoms with Crippen molar-refractivity contribution in [2.75, 3.05) is 26.7 Å². The topological polar surface area (TPSA) is 75.2 Å². The van der Waals surface area contributed by atoms with Crippen LogP contribution >= 0.6 is 0 Å². The molecule has 0 radical (unpaired) electrons. The van der Waals surface area contributed by atoms with Gasteiger partial charge in [0.1, 0.15) is 11.4 Å². The highest BCUT2D eigenvalue weighted by Crippen LogP contribution is 2.20. The first-order chi connectivity index (χ1) is 14.2. The third-order valence-corrected chi connectivity index (χ3v) is 4.59. The quantitative estimate of drug-likeness (QED) is 0.537. The molecule has 0 bridgehead atoms. The predicted molar refractivity (Wildman–Crippen MR) is 112 cm³/mol. The Morgan fingerprint density at radius 1 is 1.30 bits per heavy atom. The minimum absolute atomic E-state index is 0.135. The lowest BCUT2D eigenvalue weighted by Crippen LogP contribution is -2.47. The number of piperidine rings is 1. The van der Waals surface area contributed by atoms with Crippen molar-refractivity contribution in [1.29, 1.82) is 0 Å². The van der Waals surface area contributed by atoms with Crippen LogP contribution in [0, 0.1) is 5.92 Å². The van der Waals surface area contributed by atoms with Crippen molar-refractivity contribution in [2.45, 2.75) is 52.4 Å². The number of carbonyl (C=O) groups excluding carboxylic acids is 1. The molecule has 1 unspecified atom stereocenters. The molecule has 2 N–H and O–H groups in total. The van der Waals surface area contributed by atoms with Crippen LogP contribution in [0.4, 0.5) is 13.6 Å². The fourth-order valence-electron chi connectivity index (χ4n) is 3.23. The first-order valence-electron chi connectivity index (χ1n) is 10.1. The maximum absolute atomic E-state index is 12.6. The predicted octanol–water partition coefficient (Wildman–Crippen LogP) is 3.60. The molecular weight excluding hydrogens is 394 g/mol. The third kappa shape index (κ3) is 8.04. The van der Waals surface area contributed by atoms with E-state index in [4.69, 9.17) is 4.74 Å². The van der Waals surface area contributed by atoms with Gasteiger partial charge in [-0.2, -0.15) is 8.78 Å². The second-order valence-corrected chi connectivity index (χ2v) is 8.23. The number of aliphatic imine (C=N–C) groups is 1. The number of hydrogen-bond donors (Lipinski definition) is 2. The number of nitrogens with zero attached hydrogens (tertiary/aromatic N) is 2. The standard InChI is InChI=1S/C21H32F2N4O3/c1-21(2,3)30-20(28)27-11-7-8-15(14-27)12-25-19(24-4)26-13-16-9-5-6-10-17(16)29-18(22)23/h5-6,9-10,15,18H,7-8,11-14H2,1-4H3,(H2,24,25,26). The number of hydrogen-bond acceptors (Lipinski definition) is 4. The van der Waals surface area contributed by atoms with Crippen molar-refractivity contribution in [3.8, 4) is 5.75 Å². The van der Waals surface area contributed by atoms with Gasteiger partial charge in [-0.15, -0.1) is 0 Å². The minimum Gasteiger partial charge on any atom is -0.444 e. The van der Waals surface area contributed by atoms with Gasteiger partial charge in [-0.3, -0.25) is 4.99 Å². The molecule has 7 nitrogen and oxygen atoms in total. The van der Waals surface area contributed by atoms with Gasteiger partial charge >= 0.3 is 12.7 Å². The van der Waals surface area contributed by atoms with E-state index in [0.717, 1.165) is 12.8 Å². The summed E-state index contributed by atoms with van der Waals surface area (Å²) in [4.78, 5) is 18.2. The smallest absolute Gasteiger partial charge is 0.410 e. The zero-order valence-electron chi connectivity index (χ0n) is 18.1. The average Bonchev–Trinajstić information content (AvgIpc) is 2.67. The molecule has 30 heavy (non-hydrogen) atoms. The average molecular weight is 427 g/mol. The summed E-state index contributed by atoms with van der Waals surface area (Å²) in [5.41, 5.74) is 0.0907. The molecule has 0 aromatic heterocycles. The number of amides is 1. The Morgan fingerprint density at radius 2 is 2.03 bits per heavy atom. The van der Waals surface area contributed by atoms with Crippen LogP contribution < -0.4 is 15.4 Å². The molecule has 1 aliphatic rings. The number of guanidine groups is 1. The van der Waals surface area contributed by atoms with Gasteiger partial charge in [0.15, 0.2) is 5.96 Å². The van der Waals surface area contributed by atoms with Gasteiger partial charge in [-0.1, -0.05) is 18.2 Å². The van der Waals surface area contributed by atoms with Crippen molar-refractivity contribution in [2.24, 2.45) is 10.9 Å². The summed E-state index contributed by atoms with van der Waals surface area (Å²) in [6.07, 6.45) is 1.62. The monoisotopic (exact) mass is 426 g/mol. The van der Waals surface area contributed by atoms with E-state index in [1.54, 1.807) is 30.1 Å². The van der Waals surface area contributed by atoms with Crippen LogP contribution in [0.2, 0.25) is 0 Å². The van der Waals surface area contributed by atoms with E-state index in [-0.39, 0.29) is 24.3 Å². The van der Waals surface area contributed by atoms with Crippen molar-refractivity contribution in [3.05, 3.63) is 29.8 Å². The molecule has 1 fully saturated rings. The van der Waals surface area contributed by atoms with Gasteiger partial charge in [0.25, 0.3) is 0 Å². The molecule has 9 heteroatoms. The molecule has 1 amide bonds. The van der Waals surface area contributed by atoms with Gasteiger partial charge in [-0.05, 0) is 45.6 Å². The Balaban J connectivity index is 1.84. The van der Waals surface area contributed by atoms with Crippen molar-refractivity contribution in [3.63, 3.8) is 0 Å². The van der Waals surface area contributed by atoms with E-state index >= 15 is 0 Å². The van der Waals surface area contributed by atoms with E-state index in [9.17, 15) is 13.6 Å². The van der Waals surface area contributed by atoms with Gasteiger partial charge in [0.05, 0.1) is 0 Å². The molecule has 1 aromatic rings. The molecule has 0 aliphatic carbocycles. The van der Waals surface area contributed by atoms with Gasteiger partial charge in [-0.25, -0.2) is 4.79 Å². The van der Waals surface area contributed by atoms with Crippen LogP contribution in [0.5, 0.6) is 5.75 Å². The van der Waals surface area contributed by atoms with Gasteiger partial charge < -0.3 is 25.0 Å². The van der Waals surface area contributed by atoms with E-state index < -0.39 is 12.2 Å². The van der Waals surface area contributed by atoms with Crippen LogP contribution in [0.3, 0.4) is 0 Å². The van der Waals surface area contributed by atoms with E-state index in [1.165, 1.54) is 6.07 Å². The molecule has 168 valence electrons. The van der Waals surface area contributed by atoms with Crippen molar-refractivity contribution >= 4 is 12.1 Å². The van der Waals surface area contributed by atoms with Gasteiger partial charge in [0, 0.05) is 38.8 Å². The maximum Gasteiger partial charge on any atom is 0.410 e. The molecule has 0 saturated carbocycles. The molecule has 1 aliphatic heterocycles. The number of carbonyl (C=O) groups is 1. The number of halogens is 2. The van der Waals surface area contributed by atoms with Crippen LogP contribution in [0.25, 0.3) is 0 Å². The second-order valence-electron chi connectivity index (χ2n) is 8.23. The Kier molecular flexibility index (Phi) is 8.68. The van der Waals surface area contributed by atoms with Crippen LogP contribution in [-0.2, 0) is 11.3 Å². The summed E-state index contributed by atoms with van der Waals surface area (Å²) in [6.45, 7) is 4.92. The molecule has 1 aromatic carbocycles. The van der Waals surface area contributed by atoms with Gasteiger partial charge in [0.2, 0.25) is 0 Å². The van der Waals surface area contributed by atoms with E-state index in [2.05, 4.69) is 20.4 Å². The Bertz CT molecular complexity index is 722. The number of alkyl halides is 2. The van der Waals surface area contributed by atoms with Crippen LogP contribution in [-0.4, -0.2) is 55.8 Å². The van der Waals surface area contributed by atoms with E-state index in [1.807, 2.05) is 20.8 Å². The normalized spacial score (nSPS) is 17.6. The Labute approximate surface area is 176 Å². The number of para-hydroxylation sites is 1. The first-order valence-corrected chi connectivity index (χ1v) is 10.1. The SMILES string of the molecule is CN=C(NCc1ccccc1OC(F)F)NCC1CCCN(C(=O)OC(C)(C)C)C1. The summed E-state index contributed by atoms with van der Waals surface area (Å²) in [6, 6.07) is 6.64. The lowest BCUT2D eigenvalue weighted by molar-refractivity contribution is -0.0504. The number of nitrogens with one attached hydrogen (secondary N) is 2. The molecular formula is C21H32F2N4O3. The maximum atomic E-state index is 12.6. The third-order valence-electron chi connectivity index (χ3n) is 4.59. The summed E-state index contributed by atoms with van der Waals surface area (Å²) in [7, 11) is 1.64. The van der Waals surface area contributed by atoms with E-state index in [0.29, 0.717) is 31.2 Å². The Hall–Kier alpha value is -2.58. The summed E-state index contributed by atoms with van der Waals surface area (Å²) in [5, 5.41) is 6.36. The van der Waals surface area contributed by atoms with Crippen molar-refractivity contribution < 1.29 is 23.0 Å². The minimum atomic E-state index is -2.87. The summed E-state index contributed by atoms with van der Waals surface area (Å²) in [5.74, 6) is 0.950. The fraction of sp³-hybridized carbons (Fsp3) is 0.619. The molecule has 0 spiro atoms. The zero-order chi connectivity index (χ0) is 22.1.